The van der Waals surface area contributed by atoms with Crippen molar-refractivity contribution in [3.8, 4) is 5.75 Å². The van der Waals surface area contributed by atoms with Gasteiger partial charge in [0, 0.05) is 6.20 Å². The molecule has 0 atom stereocenters. The van der Waals surface area contributed by atoms with Crippen molar-refractivity contribution in [2.75, 3.05) is 5.32 Å². The van der Waals surface area contributed by atoms with E-state index in [0.717, 1.165) is 0 Å². The molecule has 0 saturated heterocycles. The van der Waals surface area contributed by atoms with Crippen molar-refractivity contribution in [3.63, 3.8) is 0 Å². The molecule has 0 bridgehead atoms. The van der Waals surface area contributed by atoms with Gasteiger partial charge >= 0.3 is 5.97 Å². The van der Waals surface area contributed by atoms with E-state index in [1.807, 2.05) is 13.8 Å². The first-order valence-electron chi connectivity index (χ1n) is 7.34. The van der Waals surface area contributed by atoms with Crippen LogP contribution in [0.5, 0.6) is 5.75 Å². The summed E-state index contributed by atoms with van der Waals surface area (Å²) >= 11 is 5.09. The molecule has 0 aromatic carbocycles. The van der Waals surface area contributed by atoms with E-state index >= 15 is 0 Å². The number of carboxylic acid groups (broad SMARTS) is 1. The van der Waals surface area contributed by atoms with Gasteiger partial charge in [0.15, 0.2) is 10.9 Å². The van der Waals surface area contributed by atoms with Crippen LogP contribution in [0, 0.1) is 5.41 Å². The SMILES string of the molecule is CC(C)Oc1ccc(C(=N)NC(=S)Nc2ncccc2C(=O)O)nc1. The summed E-state index contributed by atoms with van der Waals surface area (Å²) < 4.78 is 5.49. The molecular formula is C16H17N5O3S. The van der Waals surface area contributed by atoms with E-state index in [-0.39, 0.29) is 28.4 Å². The van der Waals surface area contributed by atoms with Crippen molar-refractivity contribution in [1.82, 2.24) is 15.3 Å². The van der Waals surface area contributed by atoms with Crippen molar-refractivity contribution < 1.29 is 14.6 Å². The number of carboxylic acids is 1. The van der Waals surface area contributed by atoms with Crippen LogP contribution in [0.1, 0.15) is 29.9 Å². The number of amidine groups is 1. The number of hydrogen-bond acceptors (Lipinski definition) is 6. The number of nitrogens with zero attached hydrogens (tertiary/aromatic N) is 2. The second-order valence-corrected chi connectivity index (χ2v) is 5.61. The number of nitrogens with one attached hydrogen (secondary N) is 3. The molecule has 4 N–H and O–H groups in total. The second kappa shape index (κ2) is 8.15. The van der Waals surface area contributed by atoms with E-state index in [0.29, 0.717) is 11.4 Å². The fourth-order valence-corrected chi connectivity index (χ4v) is 2.06. The number of anilines is 1. The highest BCUT2D eigenvalue weighted by Gasteiger charge is 2.13. The molecule has 2 aromatic rings. The topological polar surface area (TPSA) is 120 Å². The number of pyridine rings is 2. The summed E-state index contributed by atoms with van der Waals surface area (Å²) in [5.74, 6) is -0.474. The predicted molar refractivity (Wildman–Crippen MR) is 97.4 cm³/mol. The Morgan fingerprint density at radius 1 is 1.32 bits per heavy atom. The molecule has 0 spiro atoms. The van der Waals surface area contributed by atoms with Crippen LogP contribution in [-0.2, 0) is 0 Å². The Balaban J connectivity index is 2.01. The van der Waals surface area contributed by atoms with Gasteiger partial charge in [-0.3, -0.25) is 5.41 Å². The Hall–Kier alpha value is -3.07. The fraction of sp³-hybridized carbons (Fsp3) is 0.188. The van der Waals surface area contributed by atoms with Crippen molar-refractivity contribution in [2.45, 2.75) is 20.0 Å². The molecule has 0 saturated carbocycles. The molecule has 0 unspecified atom stereocenters. The van der Waals surface area contributed by atoms with E-state index in [2.05, 4.69) is 20.6 Å². The van der Waals surface area contributed by atoms with Crippen LogP contribution >= 0.6 is 12.2 Å². The Kier molecular flexibility index (Phi) is 5.96. The summed E-state index contributed by atoms with van der Waals surface area (Å²) in [6.45, 7) is 3.81. The molecule has 0 aliphatic heterocycles. The Morgan fingerprint density at radius 3 is 2.68 bits per heavy atom. The van der Waals surface area contributed by atoms with Crippen molar-refractivity contribution in [2.24, 2.45) is 0 Å². The Labute approximate surface area is 149 Å². The van der Waals surface area contributed by atoms with Gasteiger partial charge in [-0.05, 0) is 50.3 Å². The number of aromatic nitrogens is 2. The van der Waals surface area contributed by atoms with Crippen LogP contribution in [0.2, 0.25) is 0 Å². The van der Waals surface area contributed by atoms with Gasteiger partial charge in [0.2, 0.25) is 0 Å². The van der Waals surface area contributed by atoms with Gasteiger partial charge in [-0.2, -0.15) is 0 Å². The zero-order chi connectivity index (χ0) is 18.4. The quantitative estimate of drug-likeness (QED) is 0.364. The van der Waals surface area contributed by atoms with E-state index in [4.69, 9.17) is 27.5 Å². The van der Waals surface area contributed by atoms with E-state index < -0.39 is 5.97 Å². The maximum absolute atomic E-state index is 11.1. The van der Waals surface area contributed by atoms with E-state index in [9.17, 15) is 4.79 Å². The minimum atomic E-state index is -1.13. The highest BCUT2D eigenvalue weighted by Crippen LogP contribution is 2.12. The van der Waals surface area contributed by atoms with Gasteiger partial charge in [-0.15, -0.1) is 0 Å². The first-order valence-corrected chi connectivity index (χ1v) is 7.75. The number of aromatic carboxylic acids is 1. The van der Waals surface area contributed by atoms with Gasteiger partial charge in [-0.1, -0.05) is 0 Å². The molecule has 2 heterocycles. The van der Waals surface area contributed by atoms with E-state index in [1.165, 1.54) is 24.5 Å². The third-order valence-corrected chi connectivity index (χ3v) is 3.08. The highest BCUT2D eigenvalue weighted by atomic mass is 32.1. The first kappa shape index (κ1) is 18.3. The van der Waals surface area contributed by atoms with Crippen LogP contribution in [0.15, 0.2) is 36.7 Å². The van der Waals surface area contributed by atoms with E-state index in [1.54, 1.807) is 12.1 Å². The molecule has 130 valence electrons. The largest absolute Gasteiger partial charge is 0.489 e. The lowest BCUT2D eigenvalue weighted by Crippen LogP contribution is -2.35. The molecule has 8 nitrogen and oxygen atoms in total. The Bertz CT molecular complexity index is 793. The standard InChI is InChI=1S/C16H17N5O3S/c1-9(2)24-10-5-6-12(19-8-10)13(17)20-16(25)21-14-11(15(22)23)4-3-7-18-14/h3-9H,1-2H3,(H,22,23)(H3,17,18,20,21,25). The lowest BCUT2D eigenvalue weighted by Gasteiger charge is -2.12. The van der Waals surface area contributed by atoms with Crippen LogP contribution in [0.4, 0.5) is 5.82 Å². The highest BCUT2D eigenvalue weighted by molar-refractivity contribution is 7.80. The third-order valence-electron chi connectivity index (χ3n) is 2.87. The van der Waals surface area contributed by atoms with Gasteiger partial charge < -0.3 is 20.5 Å². The van der Waals surface area contributed by atoms with Gasteiger partial charge in [0.1, 0.15) is 22.8 Å². The minimum absolute atomic E-state index is 0.0218. The summed E-state index contributed by atoms with van der Waals surface area (Å²) in [6.07, 6.45) is 2.99. The van der Waals surface area contributed by atoms with Crippen molar-refractivity contribution in [1.29, 1.82) is 5.41 Å². The minimum Gasteiger partial charge on any atom is -0.489 e. The molecule has 9 heteroatoms. The van der Waals surface area contributed by atoms with Crippen LogP contribution in [0.3, 0.4) is 0 Å². The monoisotopic (exact) mass is 359 g/mol. The summed E-state index contributed by atoms with van der Waals surface area (Å²) in [5.41, 5.74) is 0.339. The molecule has 2 aromatic heterocycles. The zero-order valence-corrected chi connectivity index (χ0v) is 14.4. The first-order chi connectivity index (χ1) is 11.9. The molecule has 25 heavy (non-hydrogen) atoms. The zero-order valence-electron chi connectivity index (χ0n) is 13.6. The van der Waals surface area contributed by atoms with Crippen molar-refractivity contribution in [3.05, 3.63) is 47.9 Å². The smallest absolute Gasteiger partial charge is 0.339 e. The maximum atomic E-state index is 11.1. The molecule has 0 radical (unpaired) electrons. The lowest BCUT2D eigenvalue weighted by atomic mass is 10.2. The number of thiocarbonyl (C=S) groups is 1. The molecule has 0 aliphatic rings. The van der Waals surface area contributed by atoms with Gasteiger partial charge in [0.05, 0.1) is 12.3 Å². The van der Waals surface area contributed by atoms with Crippen LogP contribution in [-0.4, -0.2) is 38.1 Å². The fourth-order valence-electron chi connectivity index (χ4n) is 1.86. The molecule has 0 amide bonds. The molecule has 0 fully saturated rings. The number of hydrogen-bond donors (Lipinski definition) is 4. The number of rotatable bonds is 5. The van der Waals surface area contributed by atoms with Crippen molar-refractivity contribution >= 4 is 35.0 Å². The lowest BCUT2D eigenvalue weighted by molar-refractivity contribution is 0.0697. The normalized spacial score (nSPS) is 10.2. The summed E-state index contributed by atoms with van der Waals surface area (Å²) in [5, 5.41) is 22.5. The molecular weight excluding hydrogens is 342 g/mol. The summed E-state index contributed by atoms with van der Waals surface area (Å²) in [7, 11) is 0. The van der Waals surface area contributed by atoms with Crippen LogP contribution in [0.25, 0.3) is 0 Å². The average molecular weight is 359 g/mol. The summed E-state index contributed by atoms with van der Waals surface area (Å²) in [6, 6.07) is 6.24. The summed E-state index contributed by atoms with van der Waals surface area (Å²) in [4.78, 5) is 19.2. The molecule has 0 aliphatic carbocycles. The van der Waals surface area contributed by atoms with Gasteiger partial charge in [0.25, 0.3) is 0 Å². The molecule has 2 rings (SSSR count). The number of carbonyl (C=O) groups is 1. The number of ether oxygens (including phenoxy) is 1. The van der Waals surface area contributed by atoms with Gasteiger partial charge in [-0.25, -0.2) is 14.8 Å². The second-order valence-electron chi connectivity index (χ2n) is 5.20. The third kappa shape index (κ3) is 5.21. The average Bonchev–Trinajstić information content (AvgIpc) is 2.55. The predicted octanol–water partition coefficient (Wildman–Crippen LogP) is 2.27. The van der Waals surface area contributed by atoms with Crippen LogP contribution < -0.4 is 15.4 Å². The maximum Gasteiger partial charge on any atom is 0.339 e. The Morgan fingerprint density at radius 2 is 2.08 bits per heavy atom.